The number of nitrogens with one attached hydrogen (secondary N) is 1. The molecule has 158 valence electrons. The zero-order valence-corrected chi connectivity index (χ0v) is 18.1. The van der Waals surface area contributed by atoms with Crippen LogP contribution in [0.25, 0.3) is 0 Å². The molecule has 0 saturated heterocycles. The van der Waals surface area contributed by atoms with Crippen LogP contribution in [0.1, 0.15) is 12.5 Å². The first kappa shape index (κ1) is 22.9. The highest BCUT2D eigenvalue weighted by atomic mass is 32.2. The lowest BCUT2D eigenvalue weighted by molar-refractivity contribution is -0.871. The van der Waals surface area contributed by atoms with E-state index in [4.69, 9.17) is 9.47 Å². The normalized spacial score (nSPS) is 13.0. The third-order valence-electron chi connectivity index (χ3n) is 3.94. The summed E-state index contributed by atoms with van der Waals surface area (Å²) < 4.78 is 39.7. The summed E-state index contributed by atoms with van der Waals surface area (Å²) in [4.78, 5) is 11.3. The monoisotopic (exact) mass is 421 g/mol. The third kappa shape index (κ3) is 8.23. The SMILES string of the molecule is CC(=O)OCC(C[N+](C)(C)C)NS(=O)(=O)c1cccc(OCc2ccccc2)c1. The van der Waals surface area contributed by atoms with Crippen molar-refractivity contribution in [2.75, 3.05) is 34.3 Å². The molecule has 0 saturated carbocycles. The number of ether oxygens (including phenoxy) is 2. The van der Waals surface area contributed by atoms with Gasteiger partial charge in [-0.05, 0) is 17.7 Å². The number of quaternary nitrogens is 1. The van der Waals surface area contributed by atoms with E-state index in [2.05, 4.69) is 4.72 Å². The fourth-order valence-corrected chi connectivity index (χ4v) is 4.01. The molecule has 29 heavy (non-hydrogen) atoms. The van der Waals surface area contributed by atoms with E-state index in [9.17, 15) is 13.2 Å². The number of benzene rings is 2. The van der Waals surface area contributed by atoms with E-state index < -0.39 is 22.0 Å². The van der Waals surface area contributed by atoms with Crippen molar-refractivity contribution in [3.63, 3.8) is 0 Å². The Morgan fingerprint density at radius 2 is 1.76 bits per heavy atom. The maximum atomic E-state index is 12.9. The van der Waals surface area contributed by atoms with Gasteiger partial charge >= 0.3 is 5.97 Å². The summed E-state index contributed by atoms with van der Waals surface area (Å²) in [6, 6.07) is 15.4. The Labute approximate surface area is 172 Å². The van der Waals surface area contributed by atoms with Crippen LogP contribution in [-0.4, -0.2) is 59.2 Å². The largest absolute Gasteiger partial charge is 0.489 e. The molecule has 0 aliphatic rings. The lowest BCUT2D eigenvalue weighted by Crippen LogP contribution is -2.51. The van der Waals surface area contributed by atoms with Gasteiger partial charge in [0.1, 0.15) is 25.0 Å². The van der Waals surface area contributed by atoms with Gasteiger partial charge in [0.05, 0.1) is 32.6 Å². The standard InChI is InChI=1S/C21H29N2O5S/c1-17(24)27-16-19(14-23(2,3)4)22-29(25,26)21-12-8-11-20(13-21)28-15-18-9-6-5-7-10-18/h5-13,19,22H,14-16H2,1-4H3/q+1. The van der Waals surface area contributed by atoms with Crippen molar-refractivity contribution in [1.29, 1.82) is 0 Å². The van der Waals surface area contributed by atoms with Gasteiger partial charge in [-0.25, -0.2) is 8.42 Å². The molecule has 0 heterocycles. The highest BCUT2D eigenvalue weighted by Crippen LogP contribution is 2.19. The first-order chi connectivity index (χ1) is 13.5. The van der Waals surface area contributed by atoms with Crippen LogP contribution in [0.3, 0.4) is 0 Å². The molecule has 1 atom stereocenters. The Bertz CT molecular complexity index is 908. The van der Waals surface area contributed by atoms with Gasteiger partial charge < -0.3 is 14.0 Å². The number of carbonyl (C=O) groups is 1. The lowest BCUT2D eigenvalue weighted by atomic mass is 10.2. The van der Waals surface area contributed by atoms with Crippen LogP contribution < -0.4 is 9.46 Å². The highest BCUT2D eigenvalue weighted by molar-refractivity contribution is 7.89. The van der Waals surface area contributed by atoms with Gasteiger partial charge in [-0.2, -0.15) is 4.72 Å². The summed E-state index contributed by atoms with van der Waals surface area (Å²) in [5.74, 6) is 0.00628. The smallest absolute Gasteiger partial charge is 0.302 e. The lowest BCUT2D eigenvalue weighted by Gasteiger charge is -2.29. The maximum absolute atomic E-state index is 12.9. The van der Waals surface area contributed by atoms with Crippen LogP contribution in [0.5, 0.6) is 5.75 Å². The quantitative estimate of drug-likeness (QED) is 0.470. The second-order valence-corrected chi connectivity index (χ2v) is 9.56. The summed E-state index contributed by atoms with van der Waals surface area (Å²) in [6.45, 7) is 2.06. The number of hydrogen-bond acceptors (Lipinski definition) is 5. The van der Waals surface area contributed by atoms with Crippen LogP contribution in [0, 0.1) is 0 Å². The van der Waals surface area contributed by atoms with Crippen LogP contribution in [-0.2, 0) is 26.2 Å². The molecule has 2 aromatic carbocycles. The molecule has 0 radical (unpaired) electrons. The predicted octanol–water partition coefficient (Wildman–Crippen LogP) is 2.18. The van der Waals surface area contributed by atoms with Crippen LogP contribution in [0.15, 0.2) is 59.5 Å². The number of sulfonamides is 1. The van der Waals surface area contributed by atoms with Gasteiger partial charge in [-0.3, -0.25) is 4.79 Å². The molecule has 0 aliphatic carbocycles. The molecular formula is C21H29N2O5S+. The number of rotatable bonds is 10. The van der Waals surface area contributed by atoms with Gasteiger partial charge in [0.15, 0.2) is 0 Å². The van der Waals surface area contributed by atoms with E-state index >= 15 is 0 Å². The number of hydrogen-bond donors (Lipinski definition) is 1. The Kier molecular flexibility index (Phi) is 7.78. The zero-order chi connectivity index (χ0) is 21.5. The van der Waals surface area contributed by atoms with E-state index in [1.165, 1.54) is 19.1 Å². The van der Waals surface area contributed by atoms with Crippen molar-refractivity contribution < 1.29 is 27.2 Å². The summed E-state index contributed by atoms with van der Waals surface area (Å²) >= 11 is 0. The molecule has 8 heteroatoms. The topological polar surface area (TPSA) is 81.7 Å². The minimum atomic E-state index is -3.82. The average molecular weight is 422 g/mol. The fourth-order valence-electron chi connectivity index (χ4n) is 2.76. The first-order valence-corrected chi connectivity index (χ1v) is 10.8. The zero-order valence-electron chi connectivity index (χ0n) is 17.3. The van der Waals surface area contributed by atoms with Gasteiger partial charge in [-0.1, -0.05) is 36.4 Å². The van der Waals surface area contributed by atoms with Crippen molar-refractivity contribution in [3.8, 4) is 5.75 Å². The Morgan fingerprint density at radius 1 is 1.07 bits per heavy atom. The fraction of sp³-hybridized carbons (Fsp3) is 0.381. The number of carbonyl (C=O) groups excluding carboxylic acids is 1. The molecule has 0 aliphatic heterocycles. The number of nitrogens with zero attached hydrogens (tertiary/aromatic N) is 1. The van der Waals surface area contributed by atoms with Crippen molar-refractivity contribution in [3.05, 3.63) is 60.2 Å². The Balaban J connectivity index is 2.12. The summed E-state index contributed by atoms with van der Waals surface area (Å²) in [5.41, 5.74) is 0.989. The summed E-state index contributed by atoms with van der Waals surface area (Å²) in [7, 11) is 2.00. The molecule has 0 spiro atoms. The number of likely N-dealkylation sites (N-methyl/N-ethyl adjacent to an activating group) is 1. The van der Waals surface area contributed by atoms with E-state index in [1.54, 1.807) is 12.1 Å². The number of esters is 1. The Hall–Kier alpha value is -2.42. The van der Waals surface area contributed by atoms with Crippen LogP contribution in [0.4, 0.5) is 0 Å². The second-order valence-electron chi connectivity index (χ2n) is 7.84. The average Bonchev–Trinajstić information content (AvgIpc) is 2.64. The molecule has 2 aromatic rings. The minimum Gasteiger partial charge on any atom is -0.489 e. The summed E-state index contributed by atoms with van der Waals surface area (Å²) in [5, 5.41) is 0. The summed E-state index contributed by atoms with van der Waals surface area (Å²) in [6.07, 6.45) is 0. The predicted molar refractivity (Wildman–Crippen MR) is 111 cm³/mol. The molecule has 1 unspecified atom stereocenters. The molecule has 0 bridgehead atoms. The molecule has 0 aromatic heterocycles. The molecule has 2 rings (SSSR count). The van der Waals surface area contributed by atoms with Gasteiger partial charge in [0.25, 0.3) is 0 Å². The molecule has 1 N–H and O–H groups in total. The van der Waals surface area contributed by atoms with Gasteiger partial charge in [-0.15, -0.1) is 0 Å². The van der Waals surface area contributed by atoms with Crippen molar-refractivity contribution in [1.82, 2.24) is 4.72 Å². The molecule has 0 fully saturated rings. The third-order valence-corrected chi connectivity index (χ3v) is 5.46. The van der Waals surface area contributed by atoms with Crippen molar-refractivity contribution >= 4 is 16.0 Å². The van der Waals surface area contributed by atoms with Gasteiger partial charge in [0, 0.05) is 13.0 Å². The van der Waals surface area contributed by atoms with E-state index in [-0.39, 0.29) is 11.5 Å². The van der Waals surface area contributed by atoms with Gasteiger partial charge in [0.2, 0.25) is 10.0 Å². The van der Waals surface area contributed by atoms with Crippen LogP contribution in [0.2, 0.25) is 0 Å². The molecule has 0 amide bonds. The van der Waals surface area contributed by atoms with E-state index in [1.807, 2.05) is 51.5 Å². The Morgan fingerprint density at radius 3 is 2.38 bits per heavy atom. The van der Waals surface area contributed by atoms with E-state index in [0.29, 0.717) is 23.4 Å². The van der Waals surface area contributed by atoms with Crippen LogP contribution >= 0.6 is 0 Å². The first-order valence-electron chi connectivity index (χ1n) is 9.28. The molecule has 7 nitrogen and oxygen atoms in total. The second kappa shape index (κ2) is 9.87. The minimum absolute atomic E-state index is 0.0335. The van der Waals surface area contributed by atoms with E-state index in [0.717, 1.165) is 5.56 Å². The highest BCUT2D eigenvalue weighted by Gasteiger charge is 2.26. The molecular weight excluding hydrogens is 392 g/mol. The van der Waals surface area contributed by atoms with Crippen molar-refractivity contribution in [2.45, 2.75) is 24.5 Å². The van der Waals surface area contributed by atoms with Crippen molar-refractivity contribution in [2.24, 2.45) is 0 Å². The maximum Gasteiger partial charge on any atom is 0.302 e.